The lowest BCUT2D eigenvalue weighted by molar-refractivity contribution is -0.885. The average molecular weight is 270 g/mol. The highest BCUT2D eigenvalue weighted by Crippen LogP contribution is 2.05. The molecule has 1 aromatic rings. The fourth-order valence-electron chi connectivity index (χ4n) is 1.52. The van der Waals surface area contributed by atoms with Crippen LogP contribution in [0.4, 0.5) is 4.79 Å². The van der Waals surface area contributed by atoms with E-state index in [1.54, 1.807) is 11.3 Å². The van der Waals surface area contributed by atoms with Gasteiger partial charge in [-0.05, 0) is 25.3 Å². The number of urea groups is 1. The second kappa shape index (κ2) is 7.13. The van der Waals surface area contributed by atoms with Crippen molar-refractivity contribution < 1.29 is 14.5 Å². The molecule has 0 radical (unpaired) electrons. The van der Waals surface area contributed by atoms with Gasteiger partial charge in [0.05, 0.1) is 11.9 Å². The van der Waals surface area contributed by atoms with E-state index < -0.39 is 6.03 Å². The van der Waals surface area contributed by atoms with Crippen LogP contribution in [0.15, 0.2) is 17.5 Å². The van der Waals surface area contributed by atoms with E-state index in [2.05, 4.69) is 10.6 Å². The molecule has 0 aliphatic rings. The van der Waals surface area contributed by atoms with Crippen molar-refractivity contribution >= 4 is 23.3 Å². The van der Waals surface area contributed by atoms with Gasteiger partial charge in [-0.3, -0.25) is 10.1 Å². The molecule has 0 bridgehead atoms. The van der Waals surface area contributed by atoms with Gasteiger partial charge >= 0.3 is 6.03 Å². The predicted molar refractivity (Wildman–Crippen MR) is 71.6 cm³/mol. The second-order valence-electron chi connectivity index (χ2n) is 4.57. The Balaban J connectivity index is 2.29. The van der Waals surface area contributed by atoms with E-state index in [9.17, 15) is 9.59 Å². The van der Waals surface area contributed by atoms with Crippen molar-refractivity contribution in [3.8, 4) is 0 Å². The number of hydrogen-bond donors (Lipinski definition) is 3. The lowest BCUT2D eigenvalue weighted by Crippen LogP contribution is -3.08. The van der Waals surface area contributed by atoms with Crippen LogP contribution in [0.25, 0.3) is 0 Å². The molecular weight excluding hydrogens is 250 g/mol. The van der Waals surface area contributed by atoms with Gasteiger partial charge in [0.25, 0.3) is 5.91 Å². The molecule has 0 saturated heterocycles. The van der Waals surface area contributed by atoms with Crippen molar-refractivity contribution in [2.45, 2.75) is 26.4 Å². The Morgan fingerprint density at radius 2 is 2.17 bits per heavy atom. The van der Waals surface area contributed by atoms with E-state index in [1.807, 2.05) is 38.4 Å². The van der Waals surface area contributed by atoms with Crippen LogP contribution in [0.2, 0.25) is 0 Å². The lowest BCUT2D eigenvalue weighted by atomic mass is 10.4. The Labute approximate surface area is 111 Å². The number of carbonyl (C=O) groups excluding carboxylic acids is 2. The summed E-state index contributed by atoms with van der Waals surface area (Å²) in [6, 6.07) is 3.62. The predicted octanol–water partition coefficient (Wildman–Crippen LogP) is -0.00300. The number of amides is 3. The molecule has 0 saturated carbocycles. The summed E-state index contributed by atoms with van der Waals surface area (Å²) in [5.74, 6) is -0.262. The number of quaternary nitrogens is 1. The largest absolute Gasteiger partial charge is 0.336 e. The molecule has 1 aromatic heterocycles. The summed E-state index contributed by atoms with van der Waals surface area (Å²) in [6.45, 7) is 4.76. The minimum Gasteiger partial charge on any atom is -0.336 e. The topological polar surface area (TPSA) is 62.6 Å². The molecule has 3 N–H and O–H groups in total. The third-order valence-corrected chi connectivity index (χ3v) is 3.07. The summed E-state index contributed by atoms with van der Waals surface area (Å²) in [5.41, 5.74) is 0. The maximum atomic E-state index is 11.6. The van der Waals surface area contributed by atoms with Crippen LogP contribution < -0.4 is 15.5 Å². The Morgan fingerprint density at radius 3 is 2.72 bits per heavy atom. The number of rotatable bonds is 5. The molecule has 0 spiro atoms. The molecule has 3 amide bonds. The Kier molecular flexibility index (Phi) is 5.80. The third kappa shape index (κ3) is 5.79. The molecule has 6 heteroatoms. The highest BCUT2D eigenvalue weighted by atomic mass is 32.1. The van der Waals surface area contributed by atoms with Crippen LogP contribution >= 0.6 is 11.3 Å². The Hall–Kier alpha value is -1.40. The fourth-order valence-corrected chi connectivity index (χ4v) is 2.34. The quantitative estimate of drug-likeness (QED) is 0.705. The molecular formula is C12H20N3O2S+. The van der Waals surface area contributed by atoms with Crippen molar-refractivity contribution in [1.29, 1.82) is 0 Å². The van der Waals surface area contributed by atoms with Crippen molar-refractivity contribution in [2.24, 2.45) is 0 Å². The summed E-state index contributed by atoms with van der Waals surface area (Å²) in [4.78, 5) is 25.2. The van der Waals surface area contributed by atoms with Crippen LogP contribution in [-0.2, 0) is 11.3 Å². The number of likely N-dealkylation sites (N-methyl/N-ethyl adjacent to an activating group) is 1. The monoisotopic (exact) mass is 270 g/mol. The first-order chi connectivity index (χ1) is 8.47. The molecule has 5 nitrogen and oxygen atoms in total. The van der Waals surface area contributed by atoms with E-state index in [0.717, 1.165) is 11.4 Å². The van der Waals surface area contributed by atoms with Crippen LogP contribution in [0.5, 0.6) is 0 Å². The number of nitrogens with one attached hydrogen (secondary N) is 3. The van der Waals surface area contributed by atoms with Crippen LogP contribution in [0.1, 0.15) is 18.7 Å². The molecule has 0 aromatic carbocycles. The SMILES string of the molecule is CC(C)NC(=O)NC(=O)C[NH+](C)Cc1cccs1. The number of thiophene rings is 1. The van der Waals surface area contributed by atoms with E-state index in [0.29, 0.717) is 0 Å². The molecule has 0 aliphatic heterocycles. The fraction of sp³-hybridized carbons (Fsp3) is 0.500. The highest BCUT2D eigenvalue weighted by Gasteiger charge is 2.14. The first-order valence-corrected chi connectivity index (χ1v) is 6.79. The van der Waals surface area contributed by atoms with Crippen molar-refractivity contribution in [1.82, 2.24) is 10.6 Å². The van der Waals surface area contributed by atoms with Gasteiger partial charge in [0.2, 0.25) is 0 Å². The molecule has 1 unspecified atom stereocenters. The standard InChI is InChI=1S/C12H19N3O2S/c1-9(2)13-12(17)14-11(16)8-15(3)7-10-5-4-6-18-10/h4-6,9H,7-8H2,1-3H3,(H2,13,14,16,17)/p+1. The minimum atomic E-state index is -0.432. The van der Waals surface area contributed by atoms with Crippen molar-refractivity contribution in [2.75, 3.05) is 13.6 Å². The summed E-state index contributed by atoms with van der Waals surface area (Å²) in [6.07, 6.45) is 0. The van der Waals surface area contributed by atoms with Gasteiger partial charge in [-0.2, -0.15) is 0 Å². The van der Waals surface area contributed by atoms with Gasteiger partial charge in [-0.1, -0.05) is 6.07 Å². The number of carbonyl (C=O) groups is 2. The van der Waals surface area contributed by atoms with E-state index in [4.69, 9.17) is 0 Å². The van der Waals surface area contributed by atoms with E-state index >= 15 is 0 Å². The average Bonchev–Trinajstić information content (AvgIpc) is 2.67. The van der Waals surface area contributed by atoms with Gasteiger partial charge in [0, 0.05) is 6.04 Å². The second-order valence-corrected chi connectivity index (χ2v) is 5.60. The number of hydrogen-bond acceptors (Lipinski definition) is 3. The molecule has 18 heavy (non-hydrogen) atoms. The molecule has 1 rings (SSSR count). The van der Waals surface area contributed by atoms with E-state index in [1.165, 1.54) is 4.88 Å². The maximum absolute atomic E-state index is 11.6. The Morgan fingerprint density at radius 1 is 1.44 bits per heavy atom. The van der Waals surface area contributed by atoms with Gasteiger partial charge in [-0.15, -0.1) is 11.3 Å². The highest BCUT2D eigenvalue weighted by molar-refractivity contribution is 7.09. The lowest BCUT2D eigenvalue weighted by Gasteiger charge is -2.13. The molecule has 1 heterocycles. The van der Waals surface area contributed by atoms with Crippen LogP contribution in [0, 0.1) is 0 Å². The summed E-state index contributed by atoms with van der Waals surface area (Å²) < 4.78 is 0. The third-order valence-electron chi connectivity index (χ3n) is 2.19. The molecule has 0 fully saturated rings. The zero-order valence-corrected chi connectivity index (χ0v) is 11.8. The first-order valence-electron chi connectivity index (χ1n) is 5.91. The number of imide groups is 1. The van der Waals surface area contributed by atoms with Crippen molar-refractivity contribution in [3.05, 3.63) is 22.4 Å². The smallest absolute Gasteiger partial charge is 0.321 e. The minimum absolute atomic E-state index is 0.0222. The zero-order chi connectivity index (χ0) is 13.5. The van der Waals surface area contributed by atoms with Gasteiger partial charge in [0.15, 0.2) is 6.54 Å². The molecule has 1 atom stereocenters. The van der Waals surface area contributed by atoms with Gasteiger partial charge < -0.3 is 10.2 Å². The van der Waals surface area contributed by atoms with Crippen molar-refractivity contribution in [3.63, 3.8) is 0 Å². The summed E-state index contributed by atoms with van der Waals surface area (Å²) in [5, 5.41) is 6.94. The Bertz CT molecular complexity index is 390. The normalized spacial score (nSPS) is 12.2. The maximum Gasteiger partial charge on any atom is 0.321 e. The van der Waals surface area contributed by atoms with E-state index in [-0.39, 0.29) is 18.5 Å². The van der Waals surface area contributed by atoms with Crippen LogP contribution in [0.3, 0.4) is 0 Å². The van der Waals surface area contributed by atoms with Gasteiger partial charge in [-0.25, -0.2) is 4.79 Å². The molecule has 100 valence electrons. The van der Waals surface area contributed by atoms with Gasteiger partial charge in [0.1, 0.15) is 6.54 Å². The van der Waals surface area contributed by atoms with Crippen LogP contribution in [-0.4, -0.2) is 31.6 Å². The molecule has 0 aliphatic carbocycles. The zero-order valence-electron chi connectivity index (χ0n) is 10.9. The summed E-state index contributed by atoms with van der Waals surface area (Å²) in [7, 11) is 1.93. The first kappa shape index (κ1) is 14.7. The summed E-state index contributed by atoms with van der Waals surface area (Å²) >= 11 is 1.67.